The van der Waals surface area contributed by atoms with Gasteiger partial charge in [0.05, 0.1) is 13.7 Å². The highest BCUT2D eigenvalue weighted by Crippen LogP contribution is 2.12. The number of hydrogen-bond acceptors (Lipinski definition) is 4. The van der Waals surface area contributed by atoms with Crippen molar-refractivity contribution in [3.63, 3.8) is 0 Å². The summed E-state index contributed by atoms with van der Waals surface area (Å²) < 4.78 is 6.40. The lowest BCUT2D eigenvalue weighted by Crippen LogP contribution is -2.25. The Hall–Kier alpha value is -2.30. The fraction of sp³-hybridized carbons (Fsp3) is 0.286. The number of para-hydroxylation sites is 1. The molecule has 0 bridgehead atoms. The number of rotatable bonds is 5. The molecule has 100 valence electrons. The zero-order valence-electron chi connectivity index (χ0n) is 11.1. The summed E-state index contributed by atoms with van der Waals surface area (Å²) in [7, 11) is 1.53. The number of ether oxygens (including phenoxy) is 1. The molecule has 0 aliphatic rings. The minimum atomic E-state index is -0.132. The van der Waals surface area contributed by atoms with Crippen molar-refractivity contribution in [2.24, 2.45) is 0 Å². The molecule has 1 aromatic heterocycles. The highest BCUT2D eigenvalue weighted by atomic mass is 16.5. The summed E-state index contributed by atoms with van der Waals surface area (Å²) in [4.78, 5) is 11.6. The normalized spacial score (nSPS) is 10.2. The van der Waals surface area contributed by atoms with Gasteiger partial charge in [0, 0.05) is 24.4 Å². The first kappa shape index (κ1) is 13.1. The summed E-state index contributed by atoms with van der Waals surface area (Å²) in [6, 6.07) is 11.0. The van der Waals surface area contributed by atoms with Crippen LogP contribution in [-0.2, 0) is 6.54 Å². The van der Waals surface area contributed by atoms with E-state index in [0.717, 1.165) is 5.69 Å². The van der Waals surface area contributed by atoms with E-state index in [2.05, 4.69) is 10.4 Å². The molecule has 1 aromatic carbocycles. The van der Waals surface area contributed by atoms with Gasteiger partial charge in [-0.2, -0.15) is 0 Å². The van der Waals surface area contributed by atoms with E-state index < -0.39 is 0 Å². The number of methoxy groups -OCH3 is 1. The Morgan fingerprint density at radius 3 is 2.79 bits per heavy atom. The smallest absolute Gasteiger partial charge is 0.267 e. The van der Waals surface area contributed by atoms with Crippen molar-refractivity contribution in [2.75, 3.05) is 19.0 Å². The van der Waals surface area contributed by atoms with Crippen molar-refractivity contribution in [2.45, 2.75) is 13.5 Å². The van der Waals surface area contributed by atoms with Gasteiger partial charge < -0.3 is 10.1 Å². The lowest BCUT2D eigenvalue weighted by molar-refractivity contribution is 0.376. The van der Waals surface area contributed by atoms with Gasteiger partial charge in [0.2, 0.25) is 5.88 Å². The second kappa shape index (κ2) is 6.04. The van der Waals surface area contributed by atoms with Gasteiger partial charge in [-0.3, -0.25) is 4.79 Å². The molecule has 2 rings (SSSR count). The number of benzene rings is 1. The third-order valence-corrected chi connectivity index (χ3v) is 2.84. The fourth-order valence-electron chi connectivity index (χ4n) is 1.77. The zero-order chi connectivity index (χ0) is 13.7. The summed E-state index contributed by atoms with van der Waals surface area (Å²) in [5.74, 6) is 0.440. The minimum absolute atomic E-state index is 0.132. The van der Waals surface area contributed by atoms with Crippen molar-refractivity contribution in [3.8, 4) is 5.88 Å². The monoisotopic (exact) mass is 259 g/mol. The molecule has 0 atom stereocenters. The maximum absolute atomic E-state index is 11.6. The molecule has 0 saturated heterocycles. The van der Waals surface area contributed by atoms with Crippen LogP contribution in [0.4, 0.5) is 5.69 Å². The predicted molar refractivity (Wildman–Crippen MR) is 74.7 cm³/mol. The molecule has 0 radical (unpaired) electrons. The van der Waals surface area contributed by atoms with Gasteiger partial charge in [0.25, 0.3) is 5.56 Å². The van der Waals surface area contributed by atoms with Crippen molar-refractivity contribution in [1.29, 1.82) is 0 Å². The summed E-state index contributed by atoms with van der Waals surface area (Å²) in [5, 5.41) is 7.37. The van der Waals surface area contributed by atoms with Crippen LogP contribution in [0.25, 0.3) is 0 Å². The third kappa shape index (κ3) is 3.34. The molecule has 19 heavy (non-hydrogen) atoms. The Labute approximate surface area is 111 Å². The van der Waals surface area contributed by atoms with Gasteiger partial charge in [-0.05, 0) is 18.6 Å². The Morgan fingerprint density at radius 2 is 2.05 bits per heavy atom. The van der Waals surface area contributed by atoms with Crippen LogP contribution < -0.4 is 15.6 Å². The van der Waals surface area contributed by atoms with E-state index in [1.807, 2.05) is 31.2 Å². The molecule has 0 aliphatic heterocycles. The number of nitrogens with one attached hydrogen (secondary N) is 1. The molecule has 5 heteroatoms. The number of aromatic nitrogens is 2. The van der Waals surface area contributed by atoms with Gasteiger partial charge in [0.1, 0.15) is 0 Å². The maximum Gasteiger partial charge on any atom is 0.267 e. The average molecular weight is 259 g/mol. The van der Waals surface area contributed by atoms with Gasteiger partial charge in [-0.1, -0.05) is 18.2 Å². The van der Waals surface area contributed by atoms with E-state index in [0.29, 0.717) is 19.0 Å². The molecule has 0 aliphatic carbocycles. The highest BCUT2D eigenvalue weighted by molar-refractivity contribution is 5.50. The van der Waals surface area contributed by atoms with Crippen LogP contribution in [0.15, 0.2) is 41.2 Å². The summed E-state index contributed by atoms with van der Waals surface area (Å²) in [5.41, 5.74) is 2.11. The van der Waals surface area contributed by atoms with Gasteiger partial charge in [-0.15, -0.1) is 5.10 Å². The number of anilines is 1. The van der Waals surface area contributed by atoms with Crippen LogP contribution in [0.2, 0.25) is 0 Å². The Balaban J connectivity index is 2.00. The van der Waals surface area contributed by atoms with E-state index in [9.17, 15) is 4.79 Å². The molecule has 0 amide bonds. The molecule has 5 nitrogen and oxygen atoms in total. The maximum atomic E-state index is 11.6. The third-order valence-electron chi connectivity index (χ3n) is 2.84. The first-order chi connectivity index (χ1) is 9.20. The lowest BCUT2D eigenvalue weighted by atomic mass is 10.2. The van der Waals surface area contributed by atoms with Crippen LogP contribution in [0.5, 0.6) is 5.88 Å². The van der Waals surface area contributed by atoms with Crippen LogP contribution in [-0.4, -0.2) is 23.4 Å². The minimum Gasteiger partial charge on any atom is -0.480 e. The summed E-state index contributed by atoms with van der Waals surface area (Å²) in [6.07, 6.45) is 0. The largest absolute Gasteiger partial charge is 0.480 e. The van der Waals surface area contributed by atoms with Crippen molar-refractivity contribution < 1.29 is 4.74 Å². The molecule has 2 aromatic rings. The van der Waals surface area contributed by atoms with Crippen LogP contribution in [0.1, 0.15) is 5.56 Å². The van der Waals surface area contributed by atoms with E-state index in [-0.39, 0.29) is 5.56 Å². The van der Waals surface area contributed by atoms with E-state index in [1.54, 1.807) is 6.07 Å². The summed E-state index contributed by atoms with van der Waals surface area (Å²) in [6.45, 7) is 3.16. The Morgan fingerprint density at radius 1 is 1.26 bits per heavy atom. The first-order valence-electron chi connectivity index (χ1n) is 6.12. The van der Waals surface area contributed by atoms with Crippen LogP contribution >= 0.6 is 0 Å². The van der Waals surface area contributed by atoms with Gasteiger partial charge >= 0.3 is 0 Å². The molecular formula is C14H17N3O2. The number of aryl methyl sites for hydroxylation is 1. The first-order valence-corrected chi connectivity index (χ1v) is 6.12. The average Bonchev–Trinajstić information content (AvgIpc) is 2.43. The van der Waals surface area contributed by atoms with E-state index in [1.165, 1.54) is 23.4 Å². The van der Waals surface area contributed by atoms with Crippen LogP contribution in [0, 0.1) is 6.92 Å². The number of hydrogen-bond donors (Lipinski definition) is 1. The number of nitrogens with zero attached hydrogens (tertiary/aromatic N) is 2. The lowest BCUT2D eigenvalue weighted by Gasteiger charge is -2.10. The second-order valence-electron chi connectivity index (χ2n) is 4.18. The molecule has 0 fully saturated rings. The van der Waals surface area contributed by atoms with E-state index in [4.69, 9.17) is 4.74 Å². The van der Waals surface area contributed by atoms with Crippen LogP contribution in [0.3, 0.4) is 0 Å². The molecule has 0 unspecified atom stereocenters. The molecule has 0 spiro atoms. The zero-order valence-corrected chi connectivity index (χ0v) is 11.1. The molecule has 1 N–H and O–H groups in total. The standard InChI is InChI=1S/C14H17N3O2/c1-11-5-3-4-6-12(11)15-9-10-17-14(18)8-7-13(16-17)19-2/h3-8,15H,9-10H2,1-2H3. The van der Waals surface area contributed by atoms with Gasteiger partial charge in [0.15, 0.2) is 0 Å². The quantitative estimate of drug-likeness (QED) is 0.887. The van der Waals surface area contributed by atoms with Crippen molar-refractivity contribution in [1.82, 2.24) is 9.78 Å². The highest BCUT2D eigenvalue weighted by Gasteiger charge is 2.01. The fourth-order valence-corrected chi connectivity index (χ4v) is 1.77. The molecule has 1 heterocycles. The van der Waals surface area contributed by atoms with Crippen molar-refractivity contribution >= 4 is 5.69 Å². The summed E-state index contributed by atoms with van der Waals surface area (Å²) >= 11 is 0. The topological polar surface area (TPSA) is 56.1 Å². The second-order valence-corrected chi connectivity index (χ2v) is 4.18. The Kier molecular flexibility index (Phi) is 4.18. The molecular weight excluding hydrogens is 242 g/mol. The SMILES string of the molecule is COc1ccc(=O)n(CCNc2ccccc2C)n1. The Bertz CT molecular complexity index is 608. The predicted octanol–water partition coefficient (Wildman–Crippen LogP) is 1.67. The molecule has 0 saturated carbocycles. The van der Waals surface area contributed by atoms with Gasteiger partial charge in [-0.25, -0.2) is 4.68 Å². The van der Waals surface area contributed by atoms with Crippen molar-refractivity contribution in [3.05, 3.63) is 52.3 Å². The van der Waals surface area contributed by atoms with E-state index >= 15 is 0 Å².